The molecule has 3 aromatic heterocycles. The number of aryl methyl sites for hydroxylation is 1. The summed E-state index contributed by atoms with van der Waals surface area (Å²) in [5.41, 5.74) is 9.03. The number of carbonyl (C=O) groups excluding carboxylic acids is 1. The number of piperidine rings is 1. The van der Waals surface area contributed by atoms with Crippen LogP contribution in [0.3, 0.4) is 0 Å². The topological polar surface area (TPSA) is 87.2 Å². The number of pyridine rings is 2. The summed E-state index contributed by atoms with van der Waals surface area (Å²) < 4.78 is 5.85. The summed E-state index contributed by atoms with van der Waals surface area (Å²) in [6, 6.07) is 23.2. The molecule has 224 valence electrons. The molecule has 0 spiro atoms. The number of nitrogens with zero attached hydrogens (tertiary/aromatic N) is 5. The second-order valence-corrected chi connectivity index (χ2v) is 12.3. The maximum atomic E-state index is 12.9. The molecule has 2 atom stereocenters. The number of hydrogen-bond acceptors (Lipinski definition) is 7. The third kappa shape index (κ3) is 6.14. The van der Waals surface area contributed by atoms with E-state index in [4.69, 9.17) is 9.72 Å². The average Bonchev–Trinajstić information content (AvgIpc) is 3.70. The normalized spacial score (nSPS) is 19.4. The molecule has 0 saturated carbocycles. The van der Waals surface area contributed by atoms with E-state index in [0.29, 0.717) is 0 Å². The Morgan fingerprint density at radius 3 is 2.61 bits per heavy atom. The number of fused-ring (bicyclic) bond motifs is 1. The Bertz CT molecular complexity index is 1780. The Hall–Kier alpha value is -4.40. The molecule has 7 rings (SSSR count). The minimum atomic E-state index is -0.0342. The van der Waals surface area contributed by atoms with Crippen molar-refractivity contribution >= 4 is 16.9 Å². The molecule has 2 aliphatic heterocycles. The van der Waals surface area contributed by atoms with E-state index in [9.17, 15) is 4.79 Å². The van der Waals surface area contributed by atoms with Crippen molar-refractivity contribution in [3.8, 4) is 33.8 Å². The van der Waals surface area contributed by atoms with Gasteiger partial charge in [-0.1, -0.05) is 36.4 Å². The number of likely N-dealkylation sites (N-methyl/N-ethyl adjacent to an activating group) is 1. The Morgan fingerprint density at radius 2 is 1.80 bits per heavy atom. The number of aromatic nitrogens is 4. The van der Waals surface area contributed by atoms with Crippen LogP contribution in [-0.4, -0.2) is 75.0 Å². The lowest BCUT2D eigenvalue weighted by atomic mass is 9.97. The zero-order valence-electron chi connectivity index (χ0n) is 25.4. The van der Waals surface area contributed by atoms with E-state index in [-0.39, 0.29) is 18.0 Å². The van der Waals surface area contributed by atoms with E-state index < -0.39 is 0 Å². The highest BCUT2D eigenvalue weighted by atomic mass is 16.5. The second-order valence-electron chi connectivity index (χ2n) is 12.3. The SMILES string of the molecule is Cc1cccc(-c2[nH]cnc2-c2ccc3ncc(-c4ccc(CN5CCC[C@@H](C(=O)O[C@@H]6CCN(C)C6)C5)cc4)cc3c2)n1. The van der Waals surface area contributed by atoms with E-state index in [1.54, 1.807) is 6.33 Å². The summed E-state index contributed by atoms with van der Waals surface area (Å²) in [5.74, 6) is -0.0548. The van der Waals surface area contributed by atoms with E-state index in [0.717, 1.165) is 102 Å². The number of benzene rings is 2. The molecule has 0 radical (unpaired) electrons. The van der Waals surface area contributed by atoms with E-state index >= 15 is 0 Å². The van der Waals surface area contributed by atoms with Crippen LogP contribution in [-0.2, 0) is 16.1 Å². The Morgan fingerprint density at radius 1 is 0.955 bits per heavy atom. The lowest BCUT2D eigenvalue weighted by molar-refractivity contribution is -0.155. The number of H-pyrrole nitrogens is 1. The van der Waals surface area contributed by atoms with Crippen LogP contribution < -0.4 is 0 Å². The van der Waals surface area contributed by atoms with E-state index in [1.165, 1.54) is 5.56 Å². The fraction of sp³-hybridized carbons (Fsp3) is 0.333. The number of rotatable bonds is 7. The van der Waals surface area contributed by atoms with E-state index in [1.807, 2.05) is 37.4 Å². The fourth-order valence-electron chi connectivity index (χ4n) is 6.53. The zero-order chi connectivity index (χ0) is 30.0. The maximum absolute atomic E-state index is 12.9. The fourth-order valence-corrected chi connectivity index (χ4v) is 6.53. The van der Waals surface area contributed by atoms with E-state index in [2.05, 4.69) is 74.3 Å². The van der Waals surface area contributed by atoms with Crippen LogP contribution >= 0.6 is 0 Å². The van der Waals surface area contributed by atoms with Gasteiger partial charge < -0.3 is 14.6 Å². The summed E-state index contributed by atoms with van der Waals surface area (Å²) in [4.78, 5) is 34.8. The third-order valence-corrected chi connectivity index (χ3v) is 8.90. The van der Waals surface area contributed by atoms with Gasteiger partial charge in [-0.25, -0.2) is 4.98 Å². The number of aromatic amines is 1. The summed E-state index contributed by atoms with van der Waals surface area (Å²) >= 11 is 0. The molecule has 2 fully saturated rings. The Labute approximate surface area is 258 Å². The monoisotopic (exact) mass is 586 g/mol. The van der Waals surface area contributed by atoms with Crippen molar-refractivity contribution in [3.05, 3.63) is 90.5 Å². The molecular weight excluding hydrogens is 548 g/mol. The van der Waals surface area contributed by atoms with Gasteiger partial charge in [0.2, 0.25) is 0 Å². The molecule has 0 aliphatic carbocycles. The molecule has 1 N–H and O–H groups in total. The molecule has 0 amide bonds. The average molecular weight is 587 g/mol. The first-order valence-electron chi connectivity index (χ1n) is 15.6. The molecular formula is C36H38N6O2. The number of esters is 1. The third-order valence-electron chi connectivity index (χ3n) is 8.90. The van der Waals surface area contributed by atoms with Crippen LogP contribution in [0.1, 0.15) is 30.5 Å². The van der Waals surface area contributed by atoms with Crippen molar-refractivity contribution in [2.24, 2.45) is 5.92 Å². The van der Waals surface area contributed by atoms with Crippen molar-refractivity contribution < 1.29 is 9.53 Å². The number of ether oxygens (including phenoxy) is 1. The first kappa shape index (κ1) is 28.4. The van der Waals surface area contributed by atoms with Gasteiger partial charge in [0.1, 0.15) is 6.10 Å². The largest absolute Gasteiger partial charge is 0.461 e. The molecule has 0 bridgehead atoms. The summed E-state index contributed by atoms with van der Waals surface area (Å²) in [7, 11) is 2.08. The minimum Gasteiger partial charge on any atom is -0.461 e. The van der Waals surface area contributed by atoms with Gasteiger partial charge in [0.15, 0.2) is 0 Å². The van der Waals surface area contributed by atoms with Crippen molar-refractivity contribution in [1.82, 2.24) is 29.7 Å². The van der Waals surface area contributed by atoms with Crippen molar-refractivity contribution in [1.29, 1.82) is 0 Å². The van der Waals surface area contributed by atoms with Crippen molar-refractivity contribution in [2.45, 2.75) is 38.8 Å². The minimum absolute atomic E-state index is 0.0207. The molecule has 44 heavy (non-hydrogen) atoms. The smallest absolute Gasteiger partial charge is 0.310 e. The van der Waals surface area contributed by atoms with Gasteiger partial charge >= 0.3 is 5.97 Å². The highest BCUT2D eigenvalue weighted by Gasteiger charge is 2.30. The highest BCUT2D eigenvalue weighted by Crippen LogP contribution is 2.31. The number of likely N-dealkylation sites (tertiary alicyclic amines) is 2. The lowest BCUT2D eigenvalue weighted by Crippen LogP contribution is -2.40. The predicted molar refractivity (Wildman–Crippen MR) is 173 cm³/mol. The zero-order valence-corrected chi connectivity index (χ0v) is 25.4. The quantitative estimate of drug-likeness (QED) is 0.230. The van der Waals surface area contributed by atoms with Gasteiger partial charge in [0.05, 0.1) is 34.8 Å². The first-order chi connectivity index (χ1) is 21.5. The van der Waals surface area contributed by atoms with Crippen LogP contribution in [0.25, 0.3) is 44.7 Å². The first-order valence-corrected chi connectivity index (χ1v) is 15.6. The van der Waals surface area contributed by atoms with Gasteiger partial charge in [-0.2, -0.15) is 0 Å². The molecule has 8 nitrogen and oxygen atoms in total. The number of hydrogen-bond donors (Lipinski definition) is 1. The van der Waals surface area contributed by atoms with Crippen LogP contribution in [0.15, 0.2) is 79.3 Å². The summed E-state index contributed by atoms with van der Waals surface area (Å²) in [5, 5.41) is 1.06. The van der Waals surface area contributed by atoms with Gasteiger partial charge in [-0.3, -0.25) is 19.7 Å². The summed E-state index contributed by atoms with van der Waals surface area (Å²) in [6.07, 6.45) is 6.59. The van der Waals surface area contributed by atoms with Gasteiger partial charge in [-0.15, -0.1) is 0 Å². The van der Waals surface area contributed by atoms with Crippen LogP contribution in [0, 0.1) is 12.8 Å². The molecule has 5 aromatic rings. The second kappa shape index (κ2) is 12.3. The lowest BCUT2D eigenvalue weighted by Gasteiger charge is -2.32. The predicted octanol–water partition coefficient (Wildman–Crippen LogP) is 6.12. The molecule has 5 heterocycles. The maximum Gasteiger partial charge on any atom is 0.310 e. The van der Waals surface area contributed by atoms with Crippen molar-refractivity contribution in [2.75, 3.05) is 33.2 Å². The standard InChI is InChI=1S/C36H38N6O2/c1-24-5-3-7-33(40-24)35-34(38-23-39-35)27-12-13-32-29(17-27)18-30(19-37-32)26-10-8-25(9-11-26)20-42-15-4-6-28(21-42)36(43)44-31-14-16-41(2)22-31/h3,5,7-13,17-19,23,28,31H,4,6,14-16,20-22H2,1-2H3,(H,38,39)/t28-,31-/m1/s1. The van der Waals surface area contributed by atoms with Crippen LogP contribution in [0.4, 0.5) is 0 Å². The molecule has 0 unspecified atom stereocenters. The highest BCUT2D eigenvalue weighted by molar-refractivity contribution is 5.89. The Kier molecular flexibility index (Phi) is 7.93. The van der Waals surface area contributed by atoms with Gasteiger partial charge in [0, 0.05) is 54.6 Å². The van der Waals surface area contributed by atoms with Crippen molar-refractivity contribution in [3.63, 3.8) is 0 Å². The van der Waals surface area contributed by atoms with Gasteiger partial charge in [-0.05, 0) is 81.2 Å². The molecule has 2 aromatic carbocycles. The molecule has 8 heteroatoms. The number of nitrogens with one attached hydrogen (secondary N) is 1. The molecule has 2 aliphatic rings. The Balaban J connectivity index is 1.04. The number of carbonyl (C=O) groups is 1. The molecule has 2 saturated heterocycles. The summed E-state index contributed by atoms with van der Waals surface area (Å²) in [6.45, 7) is 6.44. The number of imidazole rings is 1. The van der Waals surface area contributed by atoms with Crippen LogP contribution in [0.2, 0.25) is 0 Å². The van der Waals surface area contributed by atoms with Crippen LogP contribution in [0.5, 0.6) is 0 Å². The van der Waals surface area contributed by atoms with Gasteiger partial charge in [0.25, 0.3) is 0 Å².